The molecule has 2 heterocycles. The van der Waals surface area contributed by atoms with Gasteiger partial charge in [-0.25, -0.2) is 0 Å². The third-order valence-corrected chi connectivity index (χ3v) is 4.36. The number of rotatable bonds is 4. The average molecular weight is 275 g/mol. The van der Waals surface area contributed by atoms with Gasteiger partial charge in [0, 0.05) is 19.6 Å². The molecule has 0 atom stereocenters. The molecule has 2 saturated heterocycles. The van der Waals surface area contributed by atoms with Gasteiger partial charge in [0.15, 0.2) is 0 Å². The lowest BCUT2D eigenvalue weighted by atomic mass is 9.95. The summed E-state index contributed by atoms with van der Waals surface area (Å²) in [4.78, 5) is 16.6. The van der Waals surface area contributed by atoms with Crippen LogP contribution in [0, 0.1) is 0 Å². The third-order valence-electron chi connectivity index (χ3n) is 4.36. The fourth-order valence-corrected chi connectivity index (χ4v) is 2.96. The number of carbonyl (C=O) groups excluding carboxylic acids is 1. The van der Waals surface area contributed by atoms with Crippen molar-refractivity contribution in [3.05, 3.63) is 36.5 Å². The minimum absolute atomic E-state index is 0.139. The molecule has 1 spiro atoms. The molecule has 20 heavy (non-hydrogen) atoms. The summed E-state index contributed by atoms with van der Waals surface area (Å²) in [5.41, 5.74) is 1.01. The van der Waals surface area contributed by atoms with Crippen LogP contribution < -0.4 is 5.32 Å². The first kappa shape index (κ1) is 15.0. The zero-order valence-corrected chi connectivity index (χ0v) is 12.6. The zero-order valence-electron chi connectivity index (χ0n) is 12.6. The van der Waals surface area contributed by atoms with Gasteiger partial charge in [0.25, 0.3) is 0 Å². The van der Waals surface area contributed by atoms with E-state index in [0.717, 1.165) is 31.5 Å². The molecule has 0 aliphatic carbocycles. The number of likely N-dealkylation sites (tertiary alicyclic amines) is 1. The quantitative estimate of drug-likeness (QED) is 0.790. The average Bonchev–Trinajstić information content (AvgIpc) is 2.75. The molecule has 2 fully saturated rings. The summed E-state index contributed by atoms with van der Waals surface area (Å²) in [5.74, 6) is 0.209. The van der Waals surface area contributed by atoms with E-state index in [-0.39, 0.29) is 11.6 Å². The van der Waals surface area contributed by atoms with Gasteiger partial charge < -0.3 is 9.80 Å². The highest BCUT2D eigenvalue weighted by atomic mass is 16.2. The topological polar surface area (TPSA) is 35.6 Å². The fourth-order valence-electron chi connectivity index (χ4n) is 2.96. The molecule has 0 aromatic heterocycles. The van der Waals surface area contributed by atoms with Crippen molar-refractivity contribution in [3.8, 4) is 0 Å². The van der Waals surface area contributed by atoms with Crippen LogP contribution in [-0.4, -0.2) is 54.6 Å². The Morgan fingerprint density at radius 2 is 2.15 bits per heavy atom. The second-order valence-corrected chi connectivity index (χ2v) is 5.63. The van der Waals surface area contributed by atoms with Crippen LogP contribution in [0.15, 0.2) is 36.5 Å². The molecule has 0 aromatic rings. The molecule has 1 N–H and O–H groups in total. The standard InChI is InChI=1S/C16H25N3O/c1-4-6-7-14(5-2)13-19-15(20)12-17-16(19)8-10-18(3)11-9-16/h4-7,17H,1,8-13H2,2-3H3/b7-6-,14-5+. The number of carbonyl (C=O) groups is 1. The second kappa shape index (κ2) is 6.37. The van der Waals surface area contributed by atoms with Gasteiger partial charge in [-0.1, -0.05) is 30.9 Å². The third kappa shape index (κ3) is 3.02. The SMILES string of the molecule is C=C/C=C\C(=C/C)CN1C(=O)CNC12CCN(C)CC2. The summed E-state index contributed by atoms with van der Waals surface area (Å²) in [5, 5.41) is 3.46. The molecule has 2 aliphatic heterocycles. The van der Waals surface area contributed by atoms with Crippen LogP contribution in [-0.2, 0) is 4.79 Å². The molecule has 4 heteroatoms. The van der Waals surface area contributed by atoms with E-state index in [2.05, 4.69) is 29.9 Å². The Kier molecular flexibility index (Phi) is 4.78. The van der Waals surface area contributed by atoms with Crippen LogP contribution in [0.25, 0.3) is 0 Å². The lowest BCUT2D eigenvalue weighted by Crippen LogP contribution is -2.58. The summed E-state index contributed by atoms with van der Waals surface area (Å²) in [6.45, 7) is 8.91. The summed E-state index contributed by atoms with van der Waals surface area (Å²) in [6, 6.07) is 0. The highest BCUT2D eigenvalue weighted by Gasteiger charge is 2.46. The number of piperidine rings is 1. The predicted molar refractivity (Wildman–Crippen MR) is 82.3 cm³/mol. The number of hydrogen-bond acceptors (Lipinski definition) is 3. The van der Waals surface area contributed by atoms with Crippen LogP contribution in [0.4, 0.5) is 0 Å². The maximum Gasteiger partial charge on any atom is 0.238 e. The minimum Gasteiger partial charge on any atom is -0.319 e. The Labute approximate surface area is 121 Å². The number of hydrogen-bond donors (Lipinski definition) is 1. The van der Waals surface area contributed by atoms with Gasteiger partial charge >= 0.3 is 0 Å². The van der Waals surface area contributed by atoms with Crippen LogP contribution in [0.5, 0.6) is 0 Å². The highest BCUT2D eigenvalue weighted by Crippen LogP contribution is 2.30. The molecule has 0 bridgehead atoms. The number of nitrogens with zero attached hydrogens (tertiary/aromatic N) is 2. The largest absolute Gasteiger partial charge is 0.319 e. The van der Waals surface area contributed by atoms with Crippen LogP contribution in [0.3, 0.4) is 0 Å². The van der Waals surface area contributed by atoms with Crippen LogP contribution in [0.1, 0.15) is 19.8 Å². The molecule has 110 valence electrons. The first-order valence-electron chi connectivity index (χ1n) is 7.29. The smallest absolute Gasteiger partial charge is 0.238 e. The van der Waals surface area contributed by atoms with Crippen molar-refractivity contribution in [2.75, 3.05) is 33.2 Å². The number of allylic oxidation sites excluding steroid dienone is 3. The first-order valence-corrected chi connectivity index (χ1v) is 7.29. The summed E-state index contributed by atoms with van der Waals surface area (Å²) >= 11 is 0. The van der Waals surface area contributed by atoms with E-state index in [4.69, 9.17) is 0 Å². The zero-order chi connectivity index (χ0) is 14.6. The van der Waals surface area contributed by atoms with E-state index >= 15 is 0 Å². The highest BCUT2D eigenvalue weighted by molar-refractivity contribution is 5.82. The van der Waals surface area contributed by atoms with Gasteiger partial charge in [0.1, 0.15) is 0 Å². The minimum atomic E-state index is -0.139. The van der Waals surface area contributed by atoms with Crippen LogP contribution >= 0.6 is 0 Å². The number of amides is 1. The van der Waals surface area contributed by atoms with Crippen molar-refractivity contribution in [1.29, 1.82) is 0 Å². The fraction of sp³-hybridized carbons (Fsp3) is 0.562. The Morgan fingerprint density at radius 1 is 1.45 bits per heavy atom. The van der Waals surface area contributed by atoms with Gasteiger partial charge in [0.2, 0.25) is 5.91 Å². The lowest BCUT2D eigenvalue weighted by Gasteiger charge is -2.44. The Balaban J connectivity index is 2.12. The monoisotopic (exact) mass is 275 g/mol. The second-order valence-electron chi connectivity index (χ2n) is 5.63. The summed E-state index contributed by atoms with van der Waals surface area (Å²) in [6.07, 6.45) is 9.77. The molecule has 0 saturated carbocycles. The van der Waals surface area contributed by atoms with E-state index in [1.54, 1.807) is 6.08 Å². The van der Waals surface area contributed by atoms with Crippen molar-refractivity contribution < 1.29 is 4.79 Å². The van der Waals surface area contributed by atoms with Crippen molar-refractivity contribution in [2.24, 2.45) is 0 Å². The molecular weight excluding hydrogens is 250 g/mol. The van der Waals surface area contributed by atoms with Gasteiger partial charge in [-0.05, 0) is 32.4 Å². The number of nitrogens with one attached hydrogen (secondary N) is 1. The Morgan fingerprint density at radius 3 is 2.75 bits per heavy atom. The van der Waals surface area contributed by atoms with Crippen molar-refractivity contribution in [2.45, 2.75) is 25.4 Å². The van der Waals surface area contributed by atoms with E-state index in [9.17, 15) is 4.79 Å². The normalized spacial score (nSPS) is 24.0. The maximum atomic E-state index is 12.2. The Hall–Kier alpha value is -1.39. The maximum absolute atomic E-state index is 12.2. The lowest BCUT2D eigenvalue weighted by molar-refractivity contribution is -0.131. The Bertz CT molecular complexity index is 431. The molecule has 1 amide bonds. The van der Waals surface area contributed by atoms with Gasteiger partial charge in [0.05, 0.1) is 12.2 Å². The van der Waals surface area contributed by atoms with E-state index in [0.29, 0.717) is 13.1 Å². The molecule has 2 aliphatic rings. The van der Waals surface area contributed by atoms with Gasteiger partial charge in [-0.2, -0.15) is 0 Å². The van der Waals surface area contributed by atoms with Crippen LogP contribution in [0.2, 0.25) is 0 Å². The molecule has 0 radical (unpaired) electrons. The first-order chi connectivity index (χ1) is 9.61. The summed E-state index contributed by atoms with van der Waals surface area (Å²) < 4.78 is 0. The van der Waals surface area contributed by atoms with Gasteiger partial charge in [-0.15, -0.1) is 0 Å². The van der Waals surface area contributed by atoms with Crippen molar-refractivity contribution >= 4 is 5.91 Å². The molecular formula is C16H25N3O. The predicted octanol–water partition coefficient (Wildman–Crippen LogP) is 1.53. The molecule has 0 unspecified atom stereocenters. The summed E-state index contributed by atoms with van der Waals surface area (Å²) in [7, 11) is 2.14. The van der Waals surface area contributed by atoms with E-state index < -0.39 is 0 Å². The molecule has 4 nitrogen and oxygen atoms in total. The molecule has 2 rings (SSSR count). The van der Waals surface area contributed by atoms with Crippen molar-refractivity contribution in [1.82, 2.24) is 15.1 Å². The van der Waals surface area contributed by atoms with E-state index in [1.165, 1.54) is 0 Å². The van der Waals surface area contributed by atoms with Crippen molar-refractivity contribution in [3.63, 3.8) is 0 Å². The van der Waals surface area contributed by atoms with Gasteiger partial charge in [-0.3, -0.25) is 10.1 Å². The van der Waals surface area contributed by atoms with E-state index in [1.807, 2.05) is 24.0 Å². The molecule has 0 aromatic carbocycles.